The summed E-state index contributed by atoms with van der Waals surface area (Å²) in [6.07, 6.45) is 0. The molecule has 0 unspecified atom stereocenters. The number of carbonyl (C=O) groups excluding carboxylic acids is 1. The van der Waals surface area contributed by atoms with E-state index in [1.807, 2.05) is 6.07 Å². The summed E-state index contributed by atoms with van der Waals surface area (Å²) in [5, 5.41) is 1.99. The summed E-state index contributed by atoms with van der Waals surface area (Å²) < 4.78 is 38.1. The minimum atomic E-state index is -3.56. The molecule has 1 N–H and O–H groups in total. The Kier molecular flexibility index (Phi) is 6.69. The molecule has 2 atom stereocenters. The molecule has 8 heteroatoms. The molecule has 0 aromatic heterocycles. The Hall–Kier alpha value is -2.03. The molecule has 0 spiro atoms. The third-order valence-electron chi connectivity index (χ3n) is 3.79. The van der Waals surface area contributed by atoms with Crippen molar-refractivity contribution in [3.63, 3.8) is 0 Å². The van der Waals surface area contributed by atoms with Crippen LogP contribution in [0.25, 0.3) is 0 Å². The zero-order valence-corrected chi connectivity index (χ0v) is 16.5. The van der Waals surface area contributed by atoms with Gasteiger partial charge in [0.15, 0.2) is 0 Å². The topological polar surface area (TPSA) is 83.5 Å². The van der Waals surface area contributed by atoms with Crippen LogP contribution in [0.3, 0.4) is 0 Å². The number of amides is 1. The van der Waals surface area contributed by atoms with E-state index in [4.69, 9.17) is 0 Å². The van der Waals surface area contributed by atoms with E-state index in [2.05, 4.69) is 5.32 Å². The van der Waals surface area contributed by atoms with Crippen LogP contribution in [0.2, 0.25) is 0 Å². The fourth-order valence-electron chi connectivity index (χ4n) is 2.18. The van der Waals surface area contributed by atoms with Crippen LogP contribution >= 0.6 is 0 Å². The summed E-state index contributed by atoms with van der Waals surface area (Å²) in [4.78, 5) is 12.4. The predicted molar refractivity (Wildman–Crippen MR) is 104 cm³/mol. The van der Waals surface area contributed by atoms with E-state index in [0.29, 0.717) is 11.3 Å². The zero-order valence-electron chi connectivity index (χ0n) is 14.9. The molecule has 2 aromatic carbocycles. The quantitative estimate of drug-likeness (QED) is 0.780. The number of hydrogen-bond acceptors (Lipinski definition) is 4. The van der Waals surface area contributed by atoms with Gasteiger partial charge in [0.05, 0.1) is 4.90 Å². The molecule has 0 saturated heterocycles. The van der Waals surface area contributed by atoms with E-state index in [1.165, 1.54) is 26.2 Å². The Morgan fingerprint density at radius 1 is 1.12 bits per heavy atom. The second kappa shape index (κ2) is 8.57. The van der Waals surface area contributed by atoms with Crippen molar-refractivity contribution in [3.8, 4) is 0 Å². The average Bonchev–Trinajstić information content (AvgIpc) is 2.61. The highest BCUT2D eigenvalue weighted by molar-refractivity contribution is 7.89. The minimum Gasteiger partial charge on any atom is -0.325 e. The van der Waals surface area contributed by atoms with Crippen molar-refractivity contribution < 1.29 is 17.4 Å². The summed E-state index contributed by atoms with van der Waals surface area (Å²) >= 11 is 0. The highest BCUT2D eigenvalue weighted by atomic mass is 32.2. The number of para-hydroxylation sites is 1. The van der Waals surface area contributed by atoms with Gasteiger partial charge in [0.25, 0.3) is 0 Å². The Morgan fingerprint density at radius 2 is 1.77 bits per heavy atom. The molecule has 1 amide bonds. The second-order valence-corrected chi connectivity index (χ2v) is 9.87. The van der Waals surface area contributed by atoms with Crippen molar-refractivity contribution >= 4 is 32.4 Å². The van der Waals surface area contributed by atoms with E-state index in [-0.39, 0.29) is 16.6 Å². The number of rotatable bonds is 7. The van der Waals surface area contributed by atoms with Gasteiger partial charge in [-0.1, -0.05) is 30.3 Å². The van der Waals surface area contributed by atoms with Crippen LogP contribution in [0.1, 0.15) is 12.5 Å². The smallest absolute Gasteiger partial charge is 0.242 e. The van der Waals surface area contributed by atoms with Gasteiger partial charge in [-0.3, -0.25) is 9.00 Å². The molecule has 0 fully saturated rings. The van der Waals surface area contributed by atoms with Gasteiger partial charge in [-0.25, -0.2) is 12.7 Å². The fourth-order valence-corrected chi connectivity index (χ4v) is 4.21. The maximum absolute atomic E-state index is 12.5. The van der Waals surface area contributed by atoms with Gasteiger partial charge >= 0.3 is 0 Å². The molecule has 0 saturated carbocycles. The van der Waals surface area contributed by atoms with Gasteiger partial charge in [-0.05, 0) is 36.8 Å². The second-order valence-electron chi connectivity index (χ2n) is 5.96. The van der Waals surface area contributed by atoms with Gasteiger partial charge in [-0.2, -0.15) is 0 Å². The molecule has 0 radical (unpaired) electrons. The van der Waals surface area contributed by atoms with Crippen LogP contribution < -0.4 is 5.32 Å². The lowest BCUT2D eigenvalue weighted by atomic mass is 10.2. The van der Waals surface area contributed by atoms with E-state index in [9.17, 15) is 17.4 Å². The molecule has 0 bridgehead atoms. The first kappa shape index (κ1) is 20.3. The van der Waals surface area contributed by atoms with Gasteiger partial charge in [0.2, 0.25) is 15.9 Å². The van der Waals surface area contributed by atoms with Crippen molar-refractivity contribution in [2.24, 2.45) is 0 Å². The lowest BCUT2D eigenvalue weighted by Gasteiger charge is -2.14. The van der Waals surface area contributed by atoms with E-state index in [1.54, 1.807) is 43.3 Å². The molecule has 2 aromatic rings. The summed E-state index contributed by atoms with van der Waals surface area (Å²) in [6.45, 7) is 1.59. The normalized spacial score (nSPS) is 14.0. The Balaban J connectivity index is 2.08. The number of sulfonamides is 1. The SMILES string of the molecule is C[C@@H](C(=O)Nc1ccccc1)[S@@](=O)Cc1cccc(S(=O)(=O)N(C)C)c1. The third-order valence-corrected chi connectivity index (χ3v) is 7.22. The average molecular weight is 395 g/mol. The van der Waals surface area contributed by atoms with Crippen LogP contribution in [0.15, 0.2) is 59.5 Å². The lowest BCUT2D eigenvalue weighted by Crippen LogP contribution is -2.29. The number of nitrogens with one attached hydrogen (secondary N) is 1. The van der Waals surface area contributed by atoms with Crippen LogP contribution in [0.4, 0.5) is 5.69 Å². The number of carbonyl (C=O) groups is 1. The van der Waals surface area contributed by atoms with Gasteiger partial charge in [0, 0.05) is 36.3 Å². The molecule has 0 heterocycles. The van der Waals surface area contributed by atoms with Crippen LogP contribution in [0, 0.1) is 0 Å². The zero-order chi connectivity index (χ0) is 19.3. The molecule has 140 valence electrons. The summed E-state index contributed by atoms with van der Waals surface area (Å²) in [6, 6.07) is 15.2. The van der Waals surface area contributed by atoms with E-state index in [0.717, 1.165) is 4.31 Å². The Morgan fingerprint density at radius 3 is 2.38 bits per heavy atom. The predicted octanol–water partition coefficient (Wildman–Crippen LogP) is 2.21. The van der Waals surface area contributed by atoms with Crippen LogP contribution in [-0.4, -0.2) is 42.2 Å². The third kappa shape index (κ3) is 5.00. The number of hydrogen-bond donors (Lipinski definition) is 1. The summed E-state index contributed by atoms with van der Waals surface area (Å²) in [5.74, 6) is -0.244. The lowest BCUT2D eigenvalue weighted by molar-refractivity contribution is -0.115. The van der Waals surface area contributed by atoms with Crippen molar-refractivity contribution in [3.05, 3.63) is 60.2 Å². The molecular weight excluding hydrogens is 372 g/mol. The Bertz CT molecular complexity index is 896. The van der Waals surface area contributed by atoms with Crippen LogP contribution in [-0.2, 0) is 31.4 Å². The first-order valence-corrected chi connectivity index (χ1v) is 10.8. The minimum absolute atomic E-state index is 0.0974. The standard InChI is InChI=1S/C18H22N2O4S2/c1-14(18(21)19-16-9-5-4-6-10-16)25(22)13-15-8-7-11-17(12-15)26(23,24)20(2)3/h4-12,14H,13H2,1-3H3,(H,19,21)/t14-,25-/m0/s1. The first-order valence-electron chi connectivity index (χ1n) is 7.96. The van der Waals surface area contributed by atoms with Crippen molar-refractivity contribution in [2.45, 2.75) is 22.8 Å². The summed E-state index contributed by atoms with van der Waals surface area (Å²) in [7, 11) is -2.13. The van der Waals surface area contributed by atoms with Gasteiger partial charge in [0.1, 0.15) is 5.25 Å². The summed E-state index contributed by atoms with van der Waals surface area (Å²) in [5.41, 5.74) is 1.24. The molecule has 0 aliphatic rings. The van der Waals surface area contributed by atoms with Crippen molar-refractivity contribution in [1.82, 2.24) is 4.31 Å². The number of benzene rings is 2. The van der Waals surface area contributed by atoms with Crippen molar-refractivity contribution in [1.29, 1.82) is 0 Å². The molecule has 6 nitrogen and oxygen atoms in total. The molecule has 0 aliphatic heterocycles. The van der Waals surface area contributed by atoms with E-state index < -0.39 is 26.1 Å². The van der Waals surface area contributed by atoms with Gasteiger partial charge < -0.3 is 5.32 Å². The highest BCUT2D eigenvalue weighted by Gasteiger charge is 2.22. The number of anilines is 1. The molecular formula is C18H22N2O4S2. The van der Waals surface area contributed by atoms with Gasteiger partial charge in [-0.15, -0.1) is 0 Å². The monoisotopic (exact) mass is 394 g/mol. The maximum Gasteiger partial charge on any atom is 0.242 e. The largest absolute Gasteiger partial charge is 0.325 e. The molecule has 2 rings (SSSR count). The van der Waals surface area contributed by atoms with E-state index >= 15 is 0 Å². The first-order chi connectivity index (χ1) is 12.2. The highest BCUT2D eigenvalue weighted by Crippen LogP contribution is 2.17. The van der Waals surface area contributed by atoms with Crippen molar-refractivity contribution in [2.75, 3.05) is 19.4 Å². The Labute approximate surface area is 156 Å². The van der Waals surface area contributed by atoms with Crippen LogP contribution in [0.5, 0.6) is 0 Å². The molecule has 0 aliphatic carbocycles. The molecule has 26 heavy (non-hydrogen) atoms. The fraction of sp³-hybridized carbons (Fsp3) is 0.278. The number of nitrogens with zero attached hydrogens (tertiary/aromatic N) is 1. The maximum atomic E-state index is 12.5.